The average molecular weight is 425 g/mol. The maximum atomic E-state index is 12.1. The number of phenols is 1. The van der Waals surface area contributed by atoms with Gasteiger partial charge in [0.2, 0.25) is 0 Å². The second kappa shape index (κ2) is 10.3. The molecule has 0 bridgehead atoms. The topological polar surface area (TPSA) is 80.2 Å². The van der Waals surface area contributed by atoms with Gasteiger partial charge in [0, 0.05) is 10.6 Å². The molecule has 0 saturated heterocycles. The van der Waals surface area contributed by atoms with Gasteiger partial charge in [-0.15, -0.1) is 0 Å². The summed E-state index contributed by atoms with van der Waals surface area (Å²) in [5, 5.41) is 14.3. The van der Waals surface area contributed by atoms with Crippen LogP contribution in [0.5, 0.6) is 17.2 Å². The van der Waals surface area contributed by atoms with Gasteiger partial charge in [0.1, 0.15) is 12.4 Å². The van der Waals surface area contributed by atoms with Crippen molar-refractivity contribution in [2.24, 2.45) is 5.10 Å². The summed E-state index contributed by atoms with van der Waals surface area (Å²) in [5.41, 5.74) is 4.12. The van der Waals surface area contributed by atoms with Crippen molar-refractivity contribution in [2.75, 3.05) is 6.61 Å². The molecule has 30 heavy (non-hydrogen) atoms. The Hall–Kier alpha value is -3.51. The van der Waals surface area contributed by atoms with Gasteiger partial charge in [-0.3, -0.25) is 4.79 Å². The van der Waals surface area contributed by atoms with Crippen LogP contribution in [0.2, 0.25) is 5.02 Å². The largest absolute Gasteiger partial charge is 0.507 e. The highest BCUT2D eigenvalue weighted by Crippen LogP contribution is 2.29. The van der Waals surface area contributed by atoms with E-state index < -0.39 is 5.91 Å². The minimum atomic E-state index is -0.505. The smallest absolute Gasteiger partial charge is 0.275 e. The molecule has 2 N–H and O–H groups in total. The molecule has 0 fully saturated rings. The van der Waals surface area contributed by atoms with Gasteiger partial charge in [0.05, 0.1) is 18.4 Å². The van der Waals surface area contributed by atoms with E-state index in [9.17, 15) is 9.90 Å². The first kappa shape index (κ1) is 21.2. The molecule has 0 atom stereocenters. The molecule has 3 aromatic carbocycles. The maximum Gasteiger partial charge on any atom is 0.275 e. The van der Waals surface area contributed by atoms with Crippen LogP contribution in [0, 0.1) is 0 Å². The van der Waals surface area contributed by atoms with E-state index in [0.29, 0.717) is 35.3 Å². The van der Waals surface area contributed by atoms with Crippen LogP contribution in [0.1, 0.15) is 28.4 Å². The highest BCUT2D eigenvalue weighted by atomic mass is 35.5. The second-order valence-electron chi connectivity index (χ2n) is 6.24. The molecule has 0 unspecified atom stereocenters. The number of nitrogens with one attached hydrogen (secondary N) is 1. The number of aromatic hydroxyl groups is 1. The lowest BCUT2D eigenvalue weighted by molar-refractivity contribution is 0.0952. The molecule has 3 aromatic rings. The van der Waals surface area contributed by atoms with E-state index in [1.54, 1.807) is 30.3 Å². The molecule has 0 aliphatic carbocycles. The van der Waals surface area contributed by atoms with Gasteiger partial charge in [-0.2, -0.15) is 5.10 Å². The van der Waals surface area contributed by atoms with Crippen molar-refractivity contribution in [3.05, 3.63) is 88.4 Å². The Morgan fingerprint density at radius 2 is 1.83 bits per heavy atom. The van der Waals surface area contributed by atoms with E-state index in [1.165, 1.54) is 18.3 Å². The fourth-order valence-electron chi connectivity index (χ4n) is 2.65. The van der Waals surface area contributed by atoms with Crippen LogP contribution in [0.15, 0.2) is 71.8 Å². The number of para-hydroxylation sites is 1. The minimum absolute atomic E-state index is 0.108. The molecule has 1 amide bonds. The zero-order valence-electron chi connectivity index (χ0n) is 16.3. The number of rotatable bonds is 8. The third kappa shape index (κ3) is 5.52. The predicted molar refractivity (Wildman–Crippen MR) is 117 cm³/mol. The van der Waals surface area contributed by atoms with E-state index in [2.05, 4.69) is 10.5 Å². The zero-order chi connectivity index (χ0) is 21.3. The summed E-state index contributed by atoms with van der Waals surface area (Å²) in [6, 6.07) is 19.1. The molecule has 6 nitrogen and oxygen atoms in total. The molecule has 0 aliphatic rings. The number of hydrazone groups is 1. The van der Waals surface area contributed by atoms with Gasteiger partial charge in [0.15, 0.2) is 11.5 Å². The van der Waals surface area contributed by atoms with Crippen LogP contribution >= 0.6 is 11.6 Å². The number of amides is 1. The lowest BCUT2D eigenvalue weighted by Gasteiger charge is -2.13. The van der Waals surface area contributed by atoms with Gasteiger partial charge in [-0.25, -0.2) is 5.43 Å². The molecular formula is C23H21ClN2O4. The Bertz CT molecular complexity index is 1050. The van der Waals surface area contributed by atoms with E-state index in [1.807, 2.05) is 31.2 Å². The van der Waals surface area contributed by atoms with Crippen molar-refractivity contribution in [3.63, 3.8) is 0 Å². The number of carbonyl (C=O) groups is 1. The molecule has 0 radical (unpaired) electrons. The van der Waals surface area contributed by atoms with Crippen LogP contribution < -0.4 is 14.9 Å². The van der Waals surface area contributed by atoms with Crippen LogP contribution in [0.3, 0.4) is 0 Å². The van der Waals surface area contributed by atoms with Crippen molar-refractivity contribution in [1.29, 1.82) is 0 Å². The lowest BCUT2D eigenvalue weighted by Crippen LogP contribution is -2.17. The van der Waals surface area contributed by atoms with Crippen molar-refractivity contribution in [2.45, 2.75) is 13.5 Å². The van der Waals surface area contributed by atoms with Crippen molar-refractivity contribution in [3.8, 4) is 17.2 Å². The summed E-state index contributed by atoms with van der Waals surface area (Å²) < 4.78 is 11.5. The Labute approximate surface area is 179 Å². The van der Waals surface area contributed by atoms with Gasteiger partial charge in [-0.1, -0.05) is 41.9 Å². The first-order valence-corrected chi connectivity index (χ1v) is 9.70. The maximum absolute atomic E-state index is 12.1. The van der Waals surface area contributed by atoms with E-state index in [0.717, 1.165) is 5.56 Å². The number of nitrogens with zero attached hydrogens (tertiary/aromatic N) is 1. The average Bonchev–Trinajstić information content (AvgIpc) is 2.74. The molecule has 7 heteroatoms. The number of hydrogen-bond donors (Lipinski definition) is 2. The van der Waals surface area contributed by atoms with Gasteiger partial charge >= 0.3 is 0 Å². The summed E-state index contributed by atoms with van der Waals surface area (Å²) in [4.78, 5) is 12.1. The van der Waals surface area contributed by atoms with Crippen LogP contribution in [-0.4, -0.2) is 23.8 Å². The van der Waals surface area contributed by atoms with Gasteiger partial charge in [-0.05, 0) is 48.9 Å². The number of phenolic OH excluding ortho intramolecular Hbond substituents is 1. The zero-order valence-corrected chi connectivity index (χ0v) is 17.1. The van der Waals surface area contributed by atoms with Gasteiger partial charge in [0.25, 0.3) is 5.91 Å². The molecule has 3 rings (SSSR count). The predicted octanol–water partition coefficient (Wildman–Crippen LogP) is 4.79. The van der Waals surface area contributed by atoms with Crippen molar-refractivity contribution < 1.29 is 19.4 Å². The number of carbonyl (C=O) groups excluding carboxylic acids is 1. The minimum Gasteiger partial charge on any atom is -0.507 e. The van der Waals surface area contributed by atoms with E-state index in [4.69, 9.17) is 21.1 Å². The molecule has 0 aromatic heterocycles. The summed E-state index contributed by atoms with van der Waals surface area (Å²) in [6.45, 7) is 2.65. The van der Waals surface area contributed by atoms with Crippen LogP contribution in [-0.2, 0) is 6.61 Å². The highest BCUT2D eigenvalue weighted by molar-refractivity contribution is 6.31. The summed E-state index contributed by atoms with van der Waals surface area (Å²) >= 11 is 6.17. The first-order valence-electron chi connectivity index (χ1n) is 9.33. The Morgan fingerprint density at radius 3 is 2.60 bits per heavy atom. The molecular weight excluding hydrogens is 404 g/mol. The number of benzene rings is 3. The highest BCUT2D eigenvalue weighted by Gasteiger charge is 2.10. The fraction of sp³-hybridized carbons (Fsp3) is 0.130. The van der Waals surface area contributed by atoms with Gasteiger partial charge < -0.3 is 14.6 Å². The quantitative estimate of drug-likeness (QED) is 0.402. The monoisotopic (exact) mass is 424 g/mol. The molecule has 0 heterocycles. The summed E-state index contributed by atoms with van der Waals surface area (Å²) in [6.07, 6.45) is 1.48. The molecule has 0 spiro atoms. The van der Waals surface area contributed by atoms with E-state index in [-0.39, 0.29) is 11.3 Å². The lowest BCUT2D eigenvalue weighted by atomic mass is 10.2. The Kier molecular flexibility index (Phi) is 7.29. The normalized spacial score (nSPS) is 10.7. The Balaban J connectivity index is 1.68. The fourth-order valence-corrected chi connectivity index (χ4v) is 2.85. The first-order chi connectivity index (χ1) is 14.6. The number of ether oxygens (including phenoxy) is 2. The standard InChI is InChI=1S/C23H21ClN2O4/c1-2-29-22-13-16(14-25-26-23(28)18-8-4-6-10-20(18)27)11-12-21(22)30-15-17-7-3-5-9-19(17)24/h3-14,27H,2,15H2,1H3,(H,26,28)/b25-14+. The SMILES string of the molecule is CCOc1cc(/C=N/NC(=O)c2ccccc2O)ccc1OCc1ccccc1Cl. The number of halogens is 1. The van der Waals surface area contributed by atoms with Crippen LogP contribution in [0.25, 0.3) is 0 Å². The number of hydrogen-bond acceptors (Lipinski definition) is 5. The summed E-state index contributed by atoms with van der Waals surface area (Å²) in [5.74, 6) is 0.519. The second-order valence-corrected chi connectivity index (χ2v) is 6.64. The Morgan fingerprint density at radius 1 is 1.07 bits per heavy atom. The third-order valence-corrected chi connectivity index (χ3v) is 4.51. The molecule has 0 saturated carbocycles. The van der Waals surface area contributed by atoms with Crippen molar-refractivity contribution in [1.82, 2.24) is 5.43 Å². The summed E-state index contributed by atoms with van der Waals surface area (Å²) in [7, 11) is 0. The molecule has 0 aliphatic heterocycles. The van der Waals surface area contributed by atoms with Crippen molar-refractivity contribution >= 4 is 23.7 Å². The van der Waals surface area contributed by atoms with E-state index >= 15 is 0 Å². The van der Waals surface area contributed by atoms with Crippen LogP contribution in [0.4, 0.5) is 0 Å². The molecule has 154 valence electrons. The third-order valence-electron chi connectivity index (χ3n) is 4.14.